The Labute approximate surface area is 163 Å². The number of hydrogen-bond acceptors (Lipinski definition) is 4. The molecule has 2 N–H and O–H groups in total. The topological polar surface area (TPSA) is 63.5 Å². The number of ether oxygens (including phenoxy) is 1. The predicted molar refractivity (Wildman–Crippen MR) is 108 cm³/mol. The van der Waals surface area contributed by atoms with E-state index in [2.05, 4.69) is 20.9 Å². The summed E-state index contributed by atoms with van der Waals surface area (Å²) in [6.07, 6.45) is 4.03. The SMILES string of the molecule is Cc1ccc(-n2nc(C)c(/C=N\NC(=S)NC[C@@H]3CCCO3)c2Cl)cc1. The second kappa shape index (κ2) is 8.62. The van der Waals surface area contributed by atoms with E-state index in [1.807, 2.05) is 38.1 Å². The van der Waals surface area contributed by atoms with Gasteiger partial charge in [0.2, 0.25) is 0 Å². The van der Waals surface area contributed by atoms with Crippen LogP contribution in [0.3, 0.4) is 0 Å². The summed E-state index contributed by atoms with van der Waals surface area (Å²) in [6, 6.07) is 8.01. The largest absolute Gasteiger partial charge is 0.376 e. The Morgan fingerprint density at radius 1 is 1.42 bits per heavy atom. The molecule has 1 aromatic heterocycles. The molecule has 2 heterocycles. The van der Waals surface area contributed by atoms with Crippen LogP contribution in [0, 0.1) is 13.8 Å². The average molecular weight is 392 g/mol. The molecular weight excluding hydrogens is 370 g/mol. The molecule has 2 aromatic rings. The van der Waals surface area contributed by atoms with E-state index >= 15 is 0 Å². The molecule has 1 aromatic carbocycles. The summed E-state index contributed by atoms with van der Waals surface area (Å²) in [5.41, 5.74) is 6.44. The number of hydrazone groups is 1. The molecule has 0 saturated carbocycles. The van der Waals surface area contributed by atoms with E-state index in [0.717, 1.165) is 36.4 Å². The van der Waals surface area contributed by atoms with E-state index in [0.29, 0.717) is 16.8 Å². The summed E-state index contributed by atoms with van der Waals surface area (Å²) in [6.45, 7) is 5.45. The number of nitrogens with one attached hydrogen (secondary N) is 2. The highest BCUT2D eigenvalue weighted by molar-refractivity contribution is 7.80. The Morgan fingerprint density at radius 2 is 2.19 bits per heavy atom. The zero-order valence-corrected chi connectivity index (χ0v) is 16.4. The van der Waals surface area contributed by atoms with Gasteiger partial charge in [0, 0.05) is 13.2 Å². The smallest absolute Gasteiger partial charge is 0.187 e. The maximum Gasteiger partial charge on any atom is 0.187 e. The van der Waals surface area contributed by atoms with Crippen LogP contribution in [-0.4, -0.2) is 40.4 Å². The number of halogens is 1. The zero-order valence-electron chi connectivity index (χ0n) is 14.8. The van der Waals surface area contributed by atoms with Crippen LogP contribution in [0.5, 0.6) is 0 Å². The fraction of sp³-hybridized carbons (Fsp3) is 0.389. The quantitative estimate of drug-likeness (QED) is 0.466. The zero-order chi connectivity index (χ0) is 18.5. The number of nitrogens with zero attached hydrogens (tertiary/aromatic N) is 3. The third kappa shape index (κ3) is 4.60. The van der Waals surface area contributed by atoms with Crippen molar-refractivity contribution < 1.29 is 4.74 Å². The van der Waals surface area contributed by atoms with Crippen LogP contribution in [0.25, 0.3) is 5.69 Å². The number of aromatic nitrogens is 2. The van der Waals surface area contributed by atoms with Gasteiger partial charge in [-0.15, -0.1) is 0 Å². The molecule has 8 heteroatoms. The maximum absolute atomic E-state index is 6.48. The number of aryl methyl sites for hydroxylation is 2. The molecule has 0 radical (unpaired) electrons. The van der Waals surface area contributed by atoms with E-state index in [1.54, 1.807) is 10.9 Å². The van der Waals surface area contributed by atoms with Crippen molar-refractivity contribution in [2.75, 3.05) is 13.2 Å². The minimum atomic E-state index is 0.225. The molecule has 0 spiro atoms. The van der Waals surface area contributed by atoms with Crippen LogP contribution >= 0.6 is 23.8 Å². The minimum Gasteiger partial charge on any atom is -0.376 e. The summed E-state index contributed by atoms with van der Waals surface area (Å²) in [5, 5.41) is 12.7. The summed E-state index contributed by atoms with van der Waals surface area (Å²) < 4.78 is 7.24. The lowest BCUT2D eigenvalue weighted by Crippen LogP contribution is -2.37. The summed E-state index contributed by atoms with van der Waals surface area (Å²) in [4.78, 5) is 0. The fourth-order valence-corrected chi connectivity index (χ4v) is 3.18. The molecule has 0 bridgehead atoms. The normalized spacial score (nSPS) is 17.0. The maximum atomic E-state index is 6.48. The lowest BCUT2D eigenvalue weighted by Gasteiger charge is -2.11. The number of rotatable bonds is 5. The molecule has 26 heavy (non-hydrogen) atoms. The van der Waals surface area contributed by atoms with Crippen molar-refractivity contribution in [2.45, 2.75) is 32.8 Å². The second-order valence-electron chi connectivity index (χ2n) is 6.25. The van der Waals surface area contributed by atoms with E-state index in [9.17, 15) is 0 Å². The molecule has 3 rings (SSSR count). The summed E-state index contributed by atoms with van der Waals surface area (Å²) in [7, 11) is 0. The van der Waals surface area contributed by atoms with E-state index in [1.165, 1.54) is 5.56 Å². The first kappa shape index (κ1) is 18.8. The molecule has 138 valence electrons. The van der Waals surface area contributed by atoms with Gasteiger partial charge in [-0.2, -0.15) is 10.2 Å². The number of benzene rings is 1. The van der Waals surface area contributed by atoms with Crippen molar-refractivity contribution in [3.8, 4) is 5.69 Å². The Bertz CT molecular complexity index is 797. The van der Waals surface area contributed by atoms with Crippen molar-refractivity contribution in [1.82, 2.24) is 20.5 Å². The highest BCUT2D eigenvalue weighted by Gasteiger charge is 2.15. The van der Waals surface area contributed by atoms with Crippen LogP contribution in [0.2, 0.25) is 5.15 Å². The highest BCUT2D eigenvalue weighted by Crippen LogP contribution is 2.22. The molecule has 0 unspecified atom stereocenters. The van der Waals surface area contributed by atoms with Gasteiger partial charge < -0.3 is 10.1 Å². The van der Waals surface area contributed by atoms with Crippen LogP contribution in [-0.2, 0) is 4.74 Å². The van der Waals surface area contributed by atoms with Crippen molar-refractivity contribution in [3.63, 3.8) is 0 Å². The van der Waals surface area contributed by atoms with Crippen molar-refractivity contribution in [3.05, 3.63) is 46.2 Å². The predicted octanol–water partition coefficient (Wildman–Crippen LogP) is 3.12. The van der Waals surface area contributed by atoms with E-state index in [-0.39, 0.29) is 6.10 Å². The molecule has 0 amide bonds. The van der Waals surface area contributed by atoms with E-state index in [4.69, 9.17) is 28.6 Å². The molecule has 1 atom stereocenters. The first-order valence-corrected chi connectivity index (χ1v) is 9.34. The van der Waals surface area contributed by atoms with Gasteiger partial charge in [0.15, 0.2) is 5.11 Å². The molecule has 1 fully saturated rings. The fourth-order valence-electron chi connectivity index (χ4n) is 2.72. The molecule has 1 aliphatic heterocycles. The molecule has 1 aliphatic rings. The molecular formula is C18H22ClN5OS. The van der Waals surface area contributed by atoms with Gasteiger partial charge in [-0.25, -0.2) is 4.68 Å². The Kier molecular flexibility index (Phi) is 6.24. The van der Waals surface area contributed by atoms with Gasteiger partial charge in [-0.05, 0) is 51.0 Å². The molecule has 6 nitrogen and oxygen atoms in total. The Balaban J connectivity index is 1.61. The van der Waals surface area contributed by atoms with Gasteiger partial charge in [-0.1, -0.05) is 29.3 Å². The average Bonchev–Trinajstić information content (AvgIpc) is 3.24. The third-order valence-corrected chi connectivity index (χ3v) is 4.80. The molecule has 1 saturated heterocycles. The van der Waals surface area contributed by atoms with Crippen LogP contribution in [0.15, 0.2) is 29.4 Å². The van der Waals surface area contributed by atoms with Crippen molar-refractivity contribution >= 4 is 35.1 Å². The van der Waals surface area contributed by atoms with Crippen molar-refractivity contribution in [1.29, 1.82) is 0 Å². The van der Waals surface area contributed by atoms with Gasteiger partial charge in [0.05, 0.1) is 29.3 Å². The summed E-state index contributed by atoms with van der Waals surface area (Å²) in [5.74, 6) is 0. The Morgan fingerprint density at radius 3 is 2.88 bits per heavy atom. The van der Waals surface area contributed by atoms with Gasteiger partial charge in [0.1, 0.15) is 5.15 Å². The monoisotopic (exact) mass is 391 g/mol. The first-order valence-electron chi connectivity index (χ1n) is 8.55. The highest BCUT2D eigenvalue weighted by atomic mass is 35.5. The minimum absolute atomic E-state index is 0.225. The van der Waals surface area contributed by atoms with Gasteiger partial charge >= 0.3 is 0 Å². The van der Waals surface area contributed by atoms with Crippen LogP contribution in [0.1, 0.15) is 29.7 Å². The lowest BCUT2D eigenvalue weighted by molar-refractivity contribution is 0.114. The molecule has 0 aliphatic carbocycles. The number of hydrogen-bond donors (Lipinski definition) is 2. The number of thiocarbonyl (C=S) groups is 1. The summed E-state index contributed by atoms with van der Waals surface area (Å²) >= 11 is 11.7. The first-order chi connectivity index (χ1) is 12.5. The van der Waals surface area contributed by atoms with Crippen molar-refractivity contribution in [2.24, 2.45) is 5.10 Å². The van der Waals surface area contributed by atoms with E-state index < -0.39 is 0 Å². The lowest BCUT2D eigenvalue weighted by atomic mass is 10.2. The van der Waals surface area contributed by atoms with Crippen LogP contribution in [0.4, 0.5) is 0 Å². The van der Waals surface area contributed by atoms with Crippen LogP contribution < -0.4 is 10.7 Å². The van der Waals surface area contributed by atoms with Gasteiger partial charge in [0.25, 0.3) is 0 Å². The standard InChI is InChI=1S/C18H22ClN5OS/c1-12-5-7-14(8-6-12)24-17(19)16(13(2)23-24)11-21-22-18(26)20-10-15-4-3-9-25-15/h5-8,11,15H,3-4,9-10H2,1-2H3,(H2,20,22,26)/b21-11-/t15-/m0/s1. The third-order valence-electron chi connectivity index (χ3n) is 4.20. The Hall–Kier alpha value is -1.96. The van der Waals surface area contributed by atoms with Gasteiger partial charge in [-0.3, -0.25) is 5.43 Å². The second-order valence-corrected chi connectivity index (χ2v) is 7.02.